The normalized spacial score (nSPS) is 15.0. The van der Waals surface area contributed by atoms with Crippen molar-refractivity contribution in [1.29, 1.82) is 0 Å². The molecule has 0 radical (unpaired) electrons. The number of nitrogens with zero attached hydrogens (tertiary/aromatic N) is 1. The lowest BCUT2D eigenvalue weighted by Crippen LogP contribution is -2.51. The summed E-state index contributed by atoms with van der Waals surface area (Å²) in [6.07, 6.45) is 6.96. The molecule has 1 fully saturated rings. The molecule has 0 bridgehead atoms. The summed E-state index contributed by atoms with van der Waals surface area (Å²) in [5.41, 5.74) is 2.33. The third-order valence-corrected chi connectivity index (χ3v) is 6.04. The fourth-order valence-corrected chi connectivity index (χ4v) is 4.30. The Kier molecular flexibility index (Phi) is 8.49. The molecular formula is C26H34N2O2. The SMILES string of the molecule is CC[C@@H](C(=O)NC1CCCC1)N(CCc1ccccc1)C(=O)CCc1ccccc1. The Bertz CT molecular complexity index is 785. The van der Waals surface area contributed by atoms with Gasteiger partial charge in [-0.25, -0.2) is 0 Å². The van der Waals surface area contributed by atoms with Crippen molar-refractivity contribution in [1.82, 2.24) is 10.2 Å². The average molecular weight is 407 g/mol. The first-order valence-electron chi connectivity index (χ1n) is 11.3. The largest absolute Gasteiger partial charge is 0.352 e. The molecule has 160 valence electrons. The van der Waals surface area contributed by atoms with Crippen molar-refractivity contribution in [2.24, 2.45) is 0 Å². The van der Waals surface area contributed by atoms with Crippen LogP contribution in [0.15, 0.2) is 60.7 Å². The zero-order valence-corrected chi connectivity index (χ0v) is 18.1. The highest BCUT2D eigenvalue weighted by Gasteiger charge is 2.30. The summed E-state index contributed by atoms with van der Waals surface area (Å²) in [5, 5.41) is 3.20. The molecule has 0 unspecified atom stereocenters. The standard InChI is InChI=1S/C26H34N2O2/c1-2-24(26(30)27-23-15-9-10-16-23)28(20-19-22-13-7-4-8-14-22)25(29)18-17-21-11-5-3-6-12-21/h3-8,11-14,23-24H,2,9-10,15-20H2,1H3,(H,27,30)/t24-/m0/s1. The maximum atomic E-state index is 13.2. The predicted molar refractivity (Wildman–Crippen MR) is 121 cm³/mol. The summed E-state index contributed by atoms with van der Waals surface area (Å²) in [5.74, 6) is 0.0636. The van der Waals surface area contributed by atoms with Gasteiger partial charge >= 0.3 is 0 Å². The number of aryl methyl sites for hydroxylation is 1. The van der Waals surface area contributed by atoms with Gasteiger partial charge in [-0.1, -0.05) is 80.4 Å². The number of benzene rings is 2. The number of nitrogens with one attached hydrogen (secondary N) is 1. The molecule has 1 aliphatic rings. The summed E-state index contributed by atoms with van der Waals surface area (Å²) >= 11 is 0. The van der Waals surface area contributed by atoms with Gasteiger partial charge in [0.2, 0.25) is 11.8 Å². The van der Waals surface area contributed by atoms with Crippen molar-refractivity contribution in [2.45, 2.75) is 70.4 Å². The Labute approximate surface area is 180 Å². The summed E-state index contributed by atoms with van der Waals surface area (Å²) in [6.45, 7) is 2.56. The van der Waals surface area contributed by atoms with Crippen LogP contribution < -0.4 is 5.32 Å². The Morgan fingerprint density at radius 2 is 1.50 bits per heavy atom. The quantitative estimate of drug-likeness (QED) is 0.630. The molecule has 1 atom stereocenters. The minimum Gasteiger partial charge on any atom is -0.352 e. The first kappa shape index (κ1) is 22.1. The van der Waals surface area contributed by atoms with Crippen LogP contribution in [-0.2, 0) is 22.4 Å². The maximum Gasteiger partial charge on any atom is 0.243 e. The summed E-state index contributed by atoms with van der Waals surface area (Å²) in [4.78, 5) is 28.1. The molecule has 30 heavy (non-hydrogen) atoms. The molecular weight excluding hydrogens is 372 g/mol. The van der Waals surface area contributed by atoms with Gasteiger partial charge in [0.25, 0.3) is 0 Å². The van der Waals surface area contributed by atoms with Crippen molar-refractivity contribution in [3.05, 3.63) is 71.8 Å². The highest BCUT2D eigenvalue weighted by Crippen LogP contribution is 2.19. The van der Waals surface area contributed by atoms with E-state index in [0.29, 0.717) is 25.8 Å². The third kappa shape index (κ3) is 6.45. The molecule has 2 amide bonds. The molecule has 2 aromatic rings. The summed E-state index contributed by atoms with van der Waals surface area (Å²) in [6, 6.07) is 20.1. The lowest BCUT2D eigenvalue weighted by atomic mass is 10.1. The highest BCUT2D eigenvalue weighted by atomic mass is 16.2. The summed E-state index contributed by atoms with van der Waals surface area (Å²) in [7, 11) is 0. The second kappa shape index (κ2) is 11.5. The number of hydrogen-bond donors (Lipinski definition) is 1. The minimum atomic E-state index is -0.405. The van der Waals surface area contributed by atoms with Gasteiger partial charge in [0.15, 0.2) is 0 Å². The third-order valence-electron chi connectivity index (χ3n) is 6.04. The number of carbonyl (C=O) groups excluding carboxylic acids is 2. The molecule has 0 aliphatic heterocycles. The molecule has 1 N–H and O–H groups in total. The Balaban J connectivity index is 1.68. The van der Waals surface area contributed by atoms with Crippen LogP contribution in [0.3, 0.4) is 0 Å². The topological polar surface area (TPSA) is 49.4 Å². The monoisotopic (exact) mass is 406 g/mol. The second-order valence-corrected chi connectivity index (χ2v) is 8.22. The number of rotatable bonds is 10. The fourth-order valence-electron chi connectivity index (χ4n) is 4.30. The number of hydrogen-bond acceptors (Lipinski definition) is 2. The summed E-state index contributed by atoms with van der Waals surface area (Å²) < 4.78 is 0. The van der Waals surface area contributed by atoms with E-state index in [-0.39, 0.29) is 17.9 Å². The molecule has 3 rings (SSSR count). The van der Waals surface area contributed by atoms with Gasteiger partial charge in [-0.3, -0.25) is 9.59 Å². The van der Waals surface area contributed by atoms with Gasteiger partial charge in [0.1, 0.15) is 6.04 Å². The maximum absolute atomic E-state index is 13.2. The predicted octanol–water partition coefficient (Wildman–Crippen LogP) is 4.53. The first-order valence-corrected chi connectivity index (χ1v) is 11.3. The molecule has 1 aliphatic carbocycles. The van der Waals surface area contributed by atoms with E-state index in [9.17, 15) is 9.59 Å². The zero-order chi connectivity index (χ0) is 21.2. The molecule has 2 aromatic carbocycles. The zero-order valence-electron chi connectivity index (χ0n) is 18.1. The lowest BCUT2D eigenvalue weighted by Gasteiger charge is -2.31. The van der Waals surface area contributed by atoms with Crippen molar-refractivity contribution >= 4 is 11.8 Å². The van der Waals surface area contributed by atoms with E-state index in [0.717, 1.165) is 24.8 Å². The van der Waals surface area contributed by atoms with Crippen molar-refractivity contribution in [2.75, 3.05) is 6.54 Å². The molecule has 4 heteroatoms. The fraction of sp³-hybridized carbons (Fsp3) is 0.462. The van der Waals surface area contributed by atoms with E-state index in [1.807, 2.05) is 60.4 Å². The van der Waals surface area contributed by atoms with Crippen LogP contribution in [0.4, 0.5) is 0 Å². The Hall–Kier alpha value is -2.62. The first-order chi connectivity index (χ1) is 14.7. The van der Waals surface area contributed by atoms with Crippen LogP contribution >= 0.6 is 0 Å². The van der Waals surface area contributed by atoms with Crippen LogP contribution in [-0.4, -0.2) is 35.3 Å². The highest BCUT2D eigenvalue weighted by molar-refractivity contribution is 5.88. The molecule has 4 nitrogen and oxygen atoms in total. The van der Waals surface area contributed by atoms with Crippen LogP contribution in [0.2, 0.25) is 0 Å². The van der Waals surface area contributed by atoms with E-state index in [2.05, 4.69) is 17.4 Å². The van der Waals surface area contributed by atoms with Gasteiger partial charge < -0.3 is 10.2 Å². The van der Waals surface area contributed by atoms with Gasteiger partial charge in [-0.15, -0.1) is 0 Å². The molecule has 0 spiro atoms. The minimum absolute atomic E-state index is 0.00511. The number of carbonyl (C=O) groups is 2. The van der Waals surface area contributed by atoms with Gasteiger partial charge in [0.05, 0.1) is 0 Å². The van der Waals surface area contributed by atoms with E-state index in [1.165, 1.54) is 18.4 Å². The van der Waals surface area contributed by atoms with Crippen LogP contribution in [0, 0.1) is 0 Å². The lowest BCUT2D eigenvalue weighted by molar-refractivity contribution is -0.141. The van der Waals surface area contributed by atoms with E-state index in [1.54, 1.807) is 0 Å². The Morgan fingerprint density at radius 3 is 2.07 bits per heavy atom. The smallest absolute Gasteiger partial charge is 0.243 e. The van der Waals surface area contributed by atoms with Gasteiger partial charge in [0, 0.05) is 19.0 Å². The molecule has 0 heterocycles. The van der Waals surface area contributed by atoms with Crippen LogP contribution in [0.25, 0.3) is 0 Å². The number of amides is 2. The molecule has 0 saturated heterocycles. The van der Waals surface area contributed by atoms with Crippen molar-refractivity contribution in [3.8, 4) is 0 Å². The Morgan fingerprint density at radius 1 is 0.933 bits per heavy atom. The van der Waals surface area contributed by atoms with E-state index in [4.69, 9.17) is 0 Å². The second-order valence-electron chi connectivity index (χ2n) is 8.22. The van der Waals surface area contributed by atoms with Crippen LogP contribution in [0.1, 0.15) is 56.6 Å². The van der Waals surface area contributed by atoms with E-state index < -0.39 is 6.04 Å². The van der Waals surface area contributed by atoms with Crippen molar-refractivity contribution in [3.63, 3.8) is 0 Å². The molecule has 1 saturated carbocycles. The molecule has 0 aromatic heterocycles. The average Bonchev–Trinajstić information content (AvgIpc) is 3.29. The van der Waals surface area contributed by atoms with Crippen molar-refractivity contribution < 1.29 is 9.59 Å². The van der Waals surface area contributed by atoms with Gasteiger partial charge in [-0.05, 0) is 43.2 Å². The van der Waals surface area contributed by atoms with Crippen LogP contribution in [0.5, 0.6) is 0 Å². The van der Waals surface area contributed by atoms with Gasteiger partial charge in [-0.2, -0.15) is 0 Å². The van der Waals surface area contributed by atoms with E-state index >= 15 is 0 Å².